The summed E-state index contributed by atoms with van der Waals surface area (Å²) < 4.78 is 11.3. The quantitative estimate of drug-likeness (QED) is 0.867. The zero-order valence-corrected chi connectivity index (χ0v) is 10.6. The number of likely N-dealkylation sites (N-methyl/N-ethyl adjacent to an activating group) is 1. The Morgan fingerprint density at radius 1 is 1.53 bits per heavy atom. The molecule has 1 aliphatic rings. The highest BCUT2D eigenvalue weighted by Crippen LogP contribution is 2.32. The van der Waals surface area contributed by atoms with Crippen molar-refractivity contribution in [1.82, 2.24) is 10.3 Å². The maximum atomic E-state index is 5.91. The van der Waals surface area contributed by atoms with Crippen LogP contribution < -0.4 is 10.1 Å². The third-order valence-electron chi connectivity index (χ3n) is 3.26. The van der Waals surface area contributed by atoms with E-state index in [1.807, 2.05) is 19.2 Å². The molecule has 1 saturated heterocycles. The van der Waals surface area contributed by atoms with Crippen LogP contribution in [0.4, 0.5) is 0 Å². The number of rotatable bonds is 4. The van der Waals surface area contributed by atoms with Crippen LogP contribution in [0.1, 0.15) is 31.5 Å². The Morgan fingerprint density at radius 2 is 2.35 bits per heavy atom. The molecule has 0 spiro atoms. The molecular weight excluding hydrogens is 216 g/mol. The topological polar surface area (TPSA) is 43.4 Å². The number of pyridine rings is 1. The molecular formula is C13H20N2O2. The summed E-state index contributed by atoms with van der Waals surface area (Å²) in [7, 11) is 3.61. The molecule has 3 unspecified atom stereocenters. The highest BCUT2D eigenvalue weighted by Gasteiger charge is 2.32. The third-order valence-corrected chi connectivity index (χ3v) is 3.26. The second kappa shape index (κ2) is 5.47. The van der Waals surface area contributed by atoms with Gasteiger partial charge in [0.15, 0.2) is 0 Å². The summed E-state index contributed by atoms with van der Waals surface area (Å²) in [5.74, 6) is 0.815. The molecule has 2 rings (SSSR count). The van der Waals surface area contributed by atoms with Gasteiger partial charge in [-0.15, -0.1) is 0 Å². The van der Waals surface area contributed by atoms with Gasteiger partial charge in [0, 0.05) is 6.20 Å². The number of hydrogen-bond donors (Lipinski definition) is 1. The lowest BCUT2D eigenvalue weighted by molar-refractivity contribution is 0.0318. The van der Waals surface area contributed by atoms with E-state index >= 15 is 0 Å². The summed E-state index contributed by atoms with van der Waals surface area (Å²) in [5.41, 5.74) is 0.927. The molecule has 1 fully saturated rings. The fraction of sp³-hybridized carbons (Fsp3) is 0.615. The Balaban J connectivity index is 2.22. The first-order chi connectivity index (χ1) is 8.26. The van der Waals surface area contributed by atoms with Gasteiger partial charge in [0.25, 0.3) is 0 Å². The fourth-order valence-electron chi connectivity index (χ4n) is 2.39. The van der Waals surface area contributed by atoms with Crippen molar-refractivity contribution in [3.63, 3.8) is 0 Å². The van der Waals surface area contributed by atoms with E-state index in [9.17, 15) is 0 Å². The standard InChI is InChI=1S/C13H20N2O2/c1-9-6-7-11(17-9)12(14-2)13-10(16-3)5-4-8-15-13/h4-5,8-9,11-12,14H,6-7H2,1-3H3. The molecule has 0 saturated carbocycles. The molecule has 0 aromatic carbocycles. The molecule has 1 N–H and O–H groups in total. The van der Waals surface area contributed by atoms with Crippen molar-refractivity contribution in [2.75, 3.05) is 14.2 Å². The van der Waals surface area contributed by atoms with Gasteiger partial charge in [0.2, 0.25) is 0 Å². The molecule has 94 valence electrons. The molecule has 0 amide bonds. The highest BCUT2D eigenvalue weighted by molar-refractivity contribution is 5.30. The van der Waals surface area contributed by atoms with Gasteiger partial charge in [-0.05, 0) is 38.9 Å². The first-order valence-electron chi connectivity index (χ1n) is 6.08. The number of nitrogens with one attached hydrogen (secondary N) is 1. The van der Waals surface area contributed by atoms with Crippen LogP contribution in [-0.4, -0.2) is 31.3 Å². The van der Waals surface area contributed by atoms with Crippen molar-refractivity contribution in [2.24, 2.45) is 0 Å². The molecule has 1 aliphatic heterocycles. The molecule has 4 nitrogen and oxygen atoms in total. The van der Waals surface area contributed by atoms with E-state index in [-0.39, 0.29) is 12.1 Å². The predicted molar refractivity (Wildman–Crippen MR) is 66.2 cm³/mol. The SMILES string of the molecule is CNC(c1ncccc1OC)C1CCC(C)O1. The molecule has 1 aromatic rings. The Bertz CT molecular complexity index is 370. The average Bonchev–Trinajstić information content (AvgIpc) is 2.77. The molecule has 3 atom stereocenters. The molecule has 0 bridgehead atoms. The van der Waals surface area contributed by atoms with Gasteiger partial charge in [-0.3, -0.25) is 4.98 Å². The van der Waals surface area contributed by atoms with Crippen molar-refractivity contribution in [3.8, 4) is 5.75 Å². The first kappa shape index (κ1) is 12.3. The number of hydrogen-bond acceptors (Lipinski definition) is 4. The lowest BCUT2D eigenvalue weighted by Crippen LogP contribution is -2.30. The van der Waals surface area contributed by atoms with Crippen molar-refractivity contribution in [2.45, 2.75) is 38.0 Å². The number of ether oxygens (including phenoxy) is 2. The maximum Gasteiger partial charge on any atom is 0.142 e. The van der Waals surface area contributed by atoms with Crippen molar-refractivity contribution < 1.29 is 9.47 Å². The Kier molecular flexibility index (Phi) is 3.97. The smallest absolute Gasteiger partial charge is 0.142 e. The zero-order valence-electron chi connectivity index (χ0n) is 10.6. The van der Waals surface area contributed by atoms with E-state index < -0.39 is 0 Å². The fourth-order valence-corrected chi connectivity index (χ4v) is 2.39. The Morgan fingerprint density at radius 3 is 2.94 bits per heavy atom. The van der Waals surface area contributed by atoms with Crippen LogP contribution in [0.5, 0.6) is 5.75 Å². The van der Waals surface area contributed by atoms with E-state index in [2.05, 4.69) is 17.2 Å². The van der Waals surface area contributed by atoms with Gasteiger partial charge in [-0.25, -0.2) is 0 Å². The largest absolute Gasteiger partial charge is 0.495 e. The lowest BCUT2D eigenvalue weighted by atomic mass is 10.0. The van der Waals surface area contributed by atoms with Crippen LogP contribution in [0.3, 0.4) is 0 Å². The summed E-state index contributed by atoms with van der Waals surface area (Å²) in [5, 5.41) is 3.29. The van der Waals surface area contributed by atoms with Crippen LogP contribution in [0.2, 0.25) is 0 Å². The van der Waals surface area contributed by atoms with Gasteiger partial charge in [0.1, 0.15) is 11.4 Å². The van der Waals surface area contributed by atoms with E-state index in [4.69, 9.17) is 9.47 Å². The van der Waals surface area contributed by atoms with Crippen LogP contribution in [0, 0.1) is 0 Å². The monoisotopic (exact) mass is 236 g/mol. The molecule has 0 radical (unpaired) electrons. The number of aromatic nitrogens is 1. The lowest BCUT2D eigenvalue weighted by Gasteiger charge is -2.24. The minimum atomic E-state index is 0.0936. The molecule has 1 aromatic heterocycles. The molecule has 4 heteroatoms. The second-order valence-electron chi connectivity index (χ2n) is 4.42. The molecule has 2 heterocycles. The summed E-state index contributed by atoms with van der Waals surface area (Å²) >= 11 is 0. The van der Waals surface area contributed by atoms with E-state index in [0.29, 0.717) is 6.10 Å². The summed E-state index contributed by atoms with van der Waals surface area (Å²) in [6.07, 6.45) is 4.48. The van der Waals surface area contributed by atoms with Gasteiger partial charge in [0.05, 0.1) is 25.4 Å². The zero-order chi connectivity index (χ0) is 12.3. The van der Waals surface area contributed by atoms with Gasteiger partial charge < -0.3 is 14.8 Å². The minimum Gasteiger partial charge on any atom is -0.495 e. The average molecular weight is 236 g/mol. The first-order valence-corrected chi connectivity index (χ1v) is 6.08. The Labute approximate surface area is 102 Å². The van der Waals surface area contributed by atoms with Crippen LogP contribution >= 0.6 is 0 Å². The summed E-state index contributed by atoms with van der Waals surface area (Å²) in [6, 6.07) is 3.91. The van der Waals surface area contributed by atoms with Crippen LogP contribution in [0.15, 0.2) is 18.3 Å². The van der Waals surface area contributed by atoms with Crippen LogP contribution in [0.25, 0.3) is 0 Å². The third kappa shape index (κ3) is 2.58. The van der Waals surface area contributed by atoms with Crippen molar-refractivity contribution in [3.05, 3.63) is 24.0 Å². The van der Waals surface area contributed by atoms with E-state index in [1.54, 1.807) is 13.3 Å². The maximum absolute atomic E-state index is 5.91. The van der Waals surface area contributed by atoms with E-state index in [1.165, 1.54) is 0 Å². The predicted octanol–water partition coefficient (Wildman–Crippen LogP) is 1.92. The molecule has 0 aliphatic carbocycles. The summed E-state index contributed by atoms with van der Waals surface area (Å²) in [6.45, 7) is 2.11. The Hall–Kier alpha value is -1.13. The number of nitrogens with zero attached hydrogens (tertiary/aromatic N) is 1. The van der Waals surface area contributed by atoms with Crippen LogP contribution in [-0.2, 0) is 4.74 Å². The highest BCUT2D eigenvalue weighted by atomic mass is 16.5. The summed E-state index contributed by atoms with van der Waals surface area (Å²) in [4.78, 5) is 4.42. The normalized spacial score (nSPS) is 25.8. The minimum absolute atomic E-state index is 0.0936. The van der Waals surface area contributed by atoms with Gasteiger partial charge in [-0.1, -0.05) is 0 Å². The van der Waals surface area contributed by atoms with E-state index in [0.717, 1.165) is 24.3 Å². The molecule has 17 heavy (non-hydrogen) atoms. The second-order valence-corrected chi connectivity index (χ2v) is 4.42. The van der Waals surface area contributed by atoms with Gasteiger partial charge >= 0.3 is 0 Å². The van der Waals surface area contributed by atoms with Crippen molar-refractivity contribution in [1.29, 1.82) is 0 Å². The van der Waals surface area contributed by atoms with Gasteiger partial charge in [-0.2, -0.15) is 0 Å². The number of methoxy groups -OCH3 is 1. The van der Waals surface area contributed by atoms with Crippen molar-refractivity contribution >= 4 is 0 Å².